The van der Waals surface area contributed by atoms with Gasteiger partial charge in [-0.25, -0.2) is 14.4 Å². The highest BCUT2D eigenvalue weighted by Gasteiger charge is 2.25. The highest BCUT2D eigenvalue weighted by Crippen LogP contribution is 2.25. The van der Waals surface area contributed by atoms with Crippen molar-refractivity contribution >= 4 is 29.2 Å². The van der Waals surface area contributed by atoms with Gasteiger partial charge < -0.3 is 15.2 Å². The van der Waals surface area contributed by atoms with Crippen LogP contribution in [0, 0.1) is 12.7 Å². The van der Waals surface area contributed by atoms with E-state index in [0.717, 1.165) is 25.9 Å². The Balaban J connectivity index is 1.39. The van der Waals surface area contributed by atoms with E-state index in [9.17, 15) is 14.0 Å². The van der Waals surface area contributed by atoms with Gasteiger partial charge in [0, 0.05) is 43.3 Å². The Morgan fingerprint density at radius 1 is 1.23 bits per heavy atom. The standard InChI is InChI=1S/C22H21ClFN5O2/c1-13-3-4-16(23)18(19(13)24)20(30)14-11-17(27-12-14)21(31)28-15-5-9-29(10-6-15)22-25-7-2-8-26-22/h2-4,7-8,11-12,15,27H,5-6,9-10H2,1H3,(H,28,31). The molecule has 31 heavy (non-hydrogen) atoms. The number of H-pyrrole nitrogens is 1. The quantitative estimate of drug-likeness (QED) is 0.591. The lowest BCUT2D eigenvalue weighted by Gasteiger charge is -2.32. The minimum absolute atomic E-state index is 0.00132. The SMILES string of the molecule is Cc1ccc(Cl)c(C(=O)c2c[nH]c(C(=O)NC3CCN(c4ncccn4)CC3)c2)c1F. The molecule has 4 rings (SSSR count). The Hall–Kier alpha value is -3.26. The lowest BCUT2D eigenvalue weighted by atomic mass is 10.0. The maximum Gasteiger partial charge on any atom is 0.267 e. The molecule has 1 aliphatic heterocycles. The number of halogens is 2. The van der Waals surface area contributed by atoms with Gasteiger partial charge in [0.15, 0.2) is 5.78 Å². The molecule has 1 fully saturated rings. The Morgan fingerprint density at radius 3 is 2.65 bits per heavy atom. The van der Waals surface area contributed by atoms with E-state index < -0.39 is 11.6 Å². The molecule has 0 radical (unpaired) electrons. The van der Waals surface area contributed by atoms with E-state index in [4.69, 9.17) is 11.6 Å². The number of piperidine rings is 1. The number of carbonyl (C=O) groups excluding carboxylic acids is 2. The lowest BCUT2D eigenvalue weighted by molar-refractivity contribution is 0.0926. The normalized spacial score (nSPS) is 14.5. The third kappa shape index (κ3) is 4.44. The average Bonchev–Trinajstić information content (AvgIpc) is 3.28. The molecule has 160 valence electrons. The first-order valence-electron chi connectivity index (χ1n) is 9.94. The van der Waals surface area contributed by atoms with Crippen LogP contribution in [0.2, 0.25) is 5.02 Å². The number of ketones is 1. The number of hydrogen-bond donors (Lipinski definition) is 2. The number of rotatable bonds is 5. The number of amides is 1. The summed E-state index contributed by atoms with van der Waals surface area (Å²) in [6.45, 7) is 3.02. The summed E-state index contributed by atoms with van der Waals surface area (Å²) in [5.41, 5.74) is 0.547. The van der Waals surface area contributed by atoms with Gasteiger partial charge in [0.05, 0.1) is 10.6 Å². The molecule has 0 unspecified atom stereocenters. The summed E-state index contributed by atoms with van der Waals surface area (Å²) in [6.07, 6.45) is 6.30. The van der Waals surface area contributed by atoms with Crippen LogP contribution in [0.25, 0.3) is 0 Å². The predicted octanol–water partition coefficient (Wildman–Crippen LogP) is 3.54. The van der Waals surface area contributed by atoms with Gasteiger partial charge in [0.25, 0.3) is 5.91 Å². The van der Waals surface area contributed by atoms with E-state index in [0.29, 0.717) is 11.5 Å². The van der Waals surface area contributed by atoms with Gasteiger partial charge in [-0.05, 0) is 43.5 Å². The fourth-order valence-corrected chi connectivity index (χ4v) is 3.84. The predicted molar refractivity (Wildman–Crippen MR) is 115 cm³/mol. The van der Waals surface area contributed by atoms with Crippen LogP contribution < -0.4 is 10.2 Å². The summed E-state index contributed by atoms with van der Waals surface area (Å²) < 4.78 is 14.4. The molecule has 3 heterocycles. The van der Waals surface area contributed by atoms with Crippen molar-refractivity contribution in [2.24, 2.45) is 0 Å². The van der Waals surface area contributed by atoms with Crippen molar-refractivity contribution in [3.8, 4) is 0 Å². The molecule has 0 spiro atoms. The third-order valence-electron chi connectivity index (χ3n) is 5.37. The van der Waals surface area contributed by atoms with Crippen LogP contribution >= 0.6 is 11.6 Å². The highest BCUT2D eigenvalue weighted by atomic mass is 35.5. The number of aryl methyl sites for hydroxylation is 1. The molecule has 1 saturated heterocycles. The fraction of sp³-hybridized carbons (Fsp3) is 0.273. The molecule has 0 aliphatic carbocycles. The molecular formula is C22H21ClFN5O2. The van der Waals surface area contributed by atoms with Crippen LogP contribution in [0.3, 0.4) is 0 Å². The molecule has 1 aliphatic rings. The zero-order valence-electron chi connectivity index (χ0n) is 16.9. The average molecular weight is 442 g/mol. The number of carbonyl (C=O) groups is 2. The Morgan fingerprint density at radius 2 is 1.94 bits per heavy atom. The van der Waals surface area contributed by atoms with Crippen molar-refractivity contribution in [1.29, 1.82) is 0 Å². The molecule has 2 aromatic heterocycles. The molecule has 1 amide bonds. The van der Waals surface area contributed by atoms with Crippen LogP contribution in [0.4, 0.5) is 10.3 Å². The number of hydrogen-bond acceptors (Lipinski definition) is 5. The zero-order valence-corrected chi connectivity index (χ0v) is 17.6. The second-order valence-electron chi connectivity index (χ2n) is 7.47. The van der Waals surface area contributed by atoms with E-state index >= 15 is 0 Å². The number of nitrogens with one attached hydrogen (secondary N) is 2. The highest BCUT2D eigenvalue weighted by molar-refractivity contribution is 6.35. The van der Waals surface area contributed by atoms with E-state index in [-0.39, 0.29) is 33.8 Å². The molecule has 1 aromatic carbocycles. The van der Waals surface area contributed by atoms with Crippen molar-refractivity contribution in [2.45, 2.75) is 25.8 Å². The Bertz CT molecular complexity index is 1110. The molecule has 0 atom stereocenters. The second-order valence-corrected chi connectivity index (χ2v) is 7.88. The van der Waals surface area contributed by atoms with Crippen LogP contribution in [-0.2, 0) is 0 Å². The van der Waals surface area contributed by atoms with Gasteiger partial charge in [0.2, 0.25) is 5.95 Å². The van der Waals surface area contributed by atoms with Crippen molar-refractivity contribution in [1.82, 2.24) is 20.3 Å². The molecule has 7 nitrogen and oxygen atoms in total. The summed E-state index contributed by atoms with van der Waals surface area (Å²) >= 11 is 6.04. The molecular weight excluding hydrogens is 421 g/mol. The summed E-state index contributed by atoms with van der Waals surface area (Å²) in [4.78, 5) is 38.8. The van der Waals surface area contributed by atoms with Gasteiger partial charge in [0.1, 0.15) is 11.5 Å². The minimum atomic E-state index is -0.654. The number of benzene rings is 1. The second kappa shape index (κ2) is 8.85. The van der Waals surface area contributed by atoms with Gasteiger partial charge in [-0.3, -0.25) is 9.59 Å². The van der Waals surface area contributed by atoms with Crippen molar-refractivity contribution in [3.05, 3.63) is 76.1 Å². The lowest BCUT2D eigenvalue weighted by Crippen LogP contribution is -2.45. The van der Waals surface area contributed by atoms with Crippen LogP contribution in [-0.4, -0.2) is 45.8 Å². The van der Waals surface area contributed by atoms with E-state index in [2.05, 4.69) is 25.2 Å². The minimum Gasteiger partial charge on any atom is -0.356 e. The first-order valence-corrected chi connectivity index (χ1v) is 10.3. The van der Waals surface area contributed by atoms with Crippen LogP contribution in [0.15, 0.2) is 42.9 Å². The van der Waals surface area contributed by atoms with Gasteiger partial charge in [-0.15, -0.1) is 0 Å². The van der Waals surface area contributed by atoms with Crippen molar-refractivity contribution in [2.75, 3.05) is 18.0 Å². The van der Waals surface area contributed by atoms with Crippen LogP contribution in [0.1, 0.15) is 44.8 Å². The molecule has 2 N–H and O–H groups in total. The Kier molecular flexibility index (Phi) is 5.99. The van der Waals surface area contributed by atoms with Crippen LogP contribution in [0.5, 0.6) is 0 Å². The van der Waals surface area contributed by atoms with Crippen molar-refractivity contribution in [3.63, 3.8) is 0 Å². The topological polar surface area (TPSA) is 91.0 Å². The summed E-state index contributed by atoms with van der Waals surface area (Å²) in [5.74, 6) is -0.859. The molecule has 9 heteroatoms. The number of anilines is 1. The molecule has 0 bridgehead atoms. The zero-order chi connectivity index (χ0) is 22.0. The Labute approximate surface area is 183 Å². The first kappa shape index (κ1) is 21.0. The summed E-state index contributed by atoms with van der Waals surface area (Å²) in [7, 11) is 0. The fourth-order valence-electron chi connectivity index (χ4n) is 3.61. The molecule has 0 saturated carbocycles. The maximum absolute atomic E-state index is 14.4. The first-order chi connectivity index (χ1) is 14.9. The summed E-state index contributed by atoms with van der Waals surface area (Å²) in [6, 6.07) is 6.19. The van der Waals surface area contributed by atoms with Gasteiger partial charge in [-0.2, -0.15) is 0 Å². The van der Waals surface area contributed by atoms with E-state index in [1.54, 1.807) is 25.4 Å². The van der Waals surface area contributed by atoms with E-state index in [1.807, 2.05) is 0 Å². The maximum atomic E-state index is 14.4. The monoisotopic (exact) mass is 441 g/mol. The third-order valence-corrected chi connectivity index (χ3v) is 5.68. The smallest absolute Gasteiger partial charge is 0.267 e. The van der Waals surface area contributed by atoms with Gasteiger partial charge >= 0.3 is 0 Å². The molecule has 3 aromatic rings. The number of aromatic amines is 1. The van der Waals surface area contributed by atoms with Crippen molar-refractivity contribution < 1.29 is 14.0 Å². The number of aromatic nitrogens is 3. The van der Waals surface area contributed by atoms with E-state index in [1.165, 1.54) is 24.4 Å². The largest absolute Gasteiger partial charge is 0.356 e. The summed E-state index contributed by atoms with van der Waals surface area (Å²) in [5, 5.41) is 3.02. The van der Waals surface area contributed by atoms with Gasteiger partial charge in [-0.1, -0.05) is 17.7 Å². The number of nitrogens with zero attached hydrogens (tertiary/aromatic N) is 3.